The van der Waals surface area contributed by atoms with E-state index in [0.717, 1.165) is 4.47 Å². The molecule has 1 rings (SSSR count). The van der Waals surface area contributed by atoms with Crippen molar-refractivity contribution in [3.8, 4) is 0 Å². The maximum absolute atomic E-state index is 11.9. The molecule has 0 aliphatic rings. The molecule has 4 nitrogen and oxygen atoms in total. The number of likely N-dealkylation sites (N-methyl/N-ethyl adjacent to an activating group) is 1. The predicted octanol–water partition coefficient (Wildman–Crippen LogP) is 2.15. The van der Waals surface area contributed by atoms with Gasteiger partial charge in [-0.1, -0.05) is 15.9 Å². The standard InChI is InChI=1S/C11H13BrF3N3O/c1-18(5-10(19)17-6-11(13,14)15)9-3-2-7(12)4-8(9)16/h2-4H,5-6,16H2,1H3,(H,17,19). The van der Waals surface area contributed by atoms with Gasteiger partial charge in [-0.25, -0.2) is 0 Å². The van der Waals surface area contributed by atoms with Gasteiger partial charge in [0, 0.05) is 11.5 Å². The summed E-state index contributed by atoms with van der Waals surface area (Å²) in [6, 6.07) is 5.06. The van der Waals surface area contributed by atoms with Crippen LogP contribution in [0, 0.1) is 0 Å². The van der Waals surface area contributed by atoms with Crippen LogP contribution in [-0.2, 0) is 4.79 Å². The lowest BCUT2D eigenvalue weighted by molar-refractivity contribution is -0.137. The van der Waals surface area contributed by atoms with Crippen LogP contribution in [0.2, 0.25) is 0 Å². The molecule has 0 heterocycles. The molecule has 0 saturated carbocycles. The second-order valence-electron chi connectivity index (χ2n) is 3.95. The average molecular weight is 340 g/mol. The number of hydrogen-bond donors (Lipinski definition) is 2. The van der Waals surface area contributed by atoms with Gasteiger partial charge >= 0.3 is 6.18 Å². The molecule has 0 unspecified atom stereocenters. The van der Waals surface area contributed by atoms with Crippen molar-refractivity contribution < 1.29 is 18.0 Å². The number of rotatable bonds is 4. The van der Waals surface area contributed by atoms with E-state index in [0.29, 0.717) is 11.4 Å². The highest BCUT2D eigenvalue weighted by molar-refractivity contribution is 9.10. The highest BCUT2D eigenvalue weighted by atomic mass is 79.9. The third-order valence-corrected chi connectivity index (χ3v) is 2.76. The molecule has 0 bridgehead atoms. The number of nitrogen functional groups attached to an aromatic ring is 1. The number of benzene rings is 1. The van der Waals surface area contributed by atoms with Crippen molar-refractivity contribution in [3.05, 3.63) is 22.7 Å². The summed E-state index contributed by atoms with van der Waals surface area (Å²) in [4.78, 5) is 12.8. The van der Waals surface area contributed by atoms with Gasteiger partial charge in [0.2, 0.25) is 5.91 Å². The summed E-state index contributed by atoms with van der Waals surface area (Å²) in [6.45, 7) is -1.54. The maximum atomic E-state index is 11.9. The molecule has 0 aliphatic carbocycles. The van der Waals surface area contributed by atoms with Crippen molar-refractivity contribution >= 4 is 33.2 Å². The van der Waals surface area contributed by atoms with Crippen LogP contribution in [-0.4, -0.2) is 32.2 Å². The lowest BCUT2D eigenvalue weighted by atomic mass is 10.2. The van der Waals surface area contributed by atoms with Crippen LogP contribution in [0.25, 0.3) is 0 Å². The SMILES string of the molecule is CN(CC(=O)NCC(F)(F)F)c1ccc(Br)cc1N. The van der Waals surface area contributed by atoms with Crippen LogP contribution in [0.3, 0.4) is 0 Å². The molecule has 19 heavy (non-hydrogen) atoms. The quantitative estimate of drug-likeness (QED) is 0.826. The molecule has 3 N–H and O–H groups in total. The van der Waals surface area contributed by atoms with Crippen LogP contribution in [0.5, 0.6) is 0 Å². The number of alkyl halides is 3. The Balaban J connectivity index is 2.59. The second-order valence-corrected chi connectivity index (χ2v) is 4.87. The predicted molar refractivity (Wildman–Crippen MR) is 70.9 cm³/mol. The summed E-state index contributed by atoms with van der Waals surface area (Å²) in [5, 5.41) is 1.80. The van der Waals surface area contributed by atoms with Crippen molar-refractivity contribution in [3.63, 3.8) is 0 Å². The summed E-state index contributed by atoms with van der Waals surface area (Å²) < 4.78 is 36.6. The molecule has 0 aromatic heterocycles. The summed E-state index contributed by atoms with van der Waals surface area (Å²) in [6.07, 6.45) is -4.41. The van der Waals surface area contributed by atoms with E-state index in [1.54, 1.807) is 30.6 Å². The molecule has 1 amide bonds. The van der Waals surface area contributed by atoms with Crippen molar-refractivity contribution in [2.45, 2.75) is 6.18 Å². The molecular formula is C11H13BrF3N3O. The Labute approximate surface area is 116 Å². The van der Waals surface area contributed by atoms with E-state index < -0.39 is 18.6 Å². The minimum atomic E-state index is -4.41. The molecule has 0 fully saturated rings. The normalized spacial score (nSPS) is 11.2. The Morgan fingerprint density at radius 1 is 1.47 bits per heavy atom. The number of carbonyl (C=O) groups is 1. The van der Waals surface area contributed by atoms with Crippen molar-refractivity contribution in [2.75, 3.05) is 30.8 Å². The Morgan fingerprint density at radius 2 is 2.11 bits per heavy atom. The molecule has 106 valence electrons. The number of nitrogens with one attached hydrogen (secondary N) is 1. The number of carbonyl (C=O) groups excluding carboxylic acids is 1. The largest absolute Gasteiger partial charge is 0.405 e. The van der Waals surface area contributed by atoms with Gasteiger partial charge in [0.25, 0.3) is 0 Å². The maximum Gasteiger partial charge on any atom is 0.405 e. The zero-order chi connectivity index (χ0) is 14.6. The monoisotopic (exact) mass is 339 g/mol. The smallest absolute Gasteiger partial charge is 0.397 e. The van der Waals surface area contributed by atoms with Gasteiger partial charge in [0.15, 0.2) is 0 Å². The molecule has 0 saturated heterocycles. The van der Waals surface area contributed by atoms with Gasteiger partial charge in [-0.3, -0.25) is 4.79 Å². The van der Waals surface area contributed by atoms with Gasteiger partial charge in [-0.2, -0.15) is 13.2 Å². The van der Waals surface area contributed by atoms with Gasteiger partial charge in [-0.05, 0) is 18.2 Å². The highest BCUT2D eigenvalue weighted by Gasteiger charge is 2.27. The summed E-state index contributed by atoms with van der Waals surface area (Å²) in [7, 11) is 1.58. The van der Waals surface area contributed by atoms with Crippen LogP contribution < -0.4 is 16.0 Å². The van der Waals surface area contributed by atoms with E-state index in [9.17, 15) is 18.0 Å². The van der Waals surface area contributed by atoms with Crippen LogP contribution in [0.4, 0.5) is 24.5 Å². The van der Waals surface area contributed by atoms with E-state index in [1.165, 1.54) is 4.90 Å². The van der Waals surface area contributed by atoms with Gasteiger partial charge in [-0.15, -0.1) is 0 Å². The third kappa shape index (κ3) is 5.37. The number of anilines is 2. The zero-order valence-electron chi connectivity index (χ0n) is 10.1. The van der Waals surface area contributed by atoms with E-state index in [1.807, 2.05) is 0 Å². The number of nitrogens with two attached hydrogens (primary N) is 1. The third-order valence-electron chi connectivity index (χ3n) is 2.27. The highest BCUT2D eigenvalue weighted by Crippen LogP contribution is 2.25. The molecule has 0 spiro atoms. The first-order valence-electron chi connectivity index (χ1n) is 5.28. The minimum absolute atomic E-state index is 0.206. The number of hydrogen-bond acceptors (Lipinski definition) is 3. The molecule has 8 heteroatoms. The Morgan fingerprint density at radius 3 is 2.63 bits per heavy atom. The molecule has 1 aromatic carbocycles. The van der Waals surface area contributed by atoms with Crippen LogP contribution in [0.1, 0.15) is 0 Å². The zero-order valence-corrected chi connectivity index (χ0v) is 11.7. The van der Waals surface area contributed by atoms with E-state index in [2.05, 4.69) is 15.9 Å². The summed E-state index contributed by atoms with van der Waals surface area (Å²) in [5.74, 6) is -0.720. The van der Waals surface area contributed by atoms with Crippen molar-refractivity contribution in [2.24, 2.45) is 0 Å². The fourth-order valence-electron chi connectivity index (χ4n) is 1.43. The lowest BCUT2D eigenvalue weighted by Crippen LogP contribution is -2.40. The Kier molecular flexibility index (Phi) is 5.04. The fourth-order valence-corrected chi connectivity index (χ4v) is 1.81. The molecule has 0 radical (unpaired) electrons. The topological polar surface area (TPSA) is 58.4 Å². The van der Waals surface area contributed by atoms with E-state index in [-0.39, 0.29) is 6.54 Å². The van der Waals surface area contributed by atoms with Crippen LogP contribution in [0.15, 0.2) is 22.7 Å². The van der Waals surface area contributed by atoms with Crippen LogP contribution >= 0.6 is 15.9 Å². The first kappa shape index (κ1) is 15.6. The van der Waals surface area contributed by atoms with Gasteiger partial charge in [0.1, 0.15) is 6.54 Å². The molecule has 1 aromatic rings. The summed E-state index contributed by atoms with van der Waals surface area (Å²) >= 11 is 3.24. The first-order valence-corrected chi connectivity index (χ1v) is 6.08. The van der Waals surface area contributed by atoms with Crippen molar-refractivity contribution in [1.29, 1.82) is 0 Å². The Hall–Kier alpha value is -1.44. The van der Waals surface area contributed by atoms with Gasteiger partial charge in [0.05, 0.1) is 17.9 Å². The first-order chi connectivity index (χ1) is 8.69. The molecule has 0 aliphatic heterocycles. The minimum Gasteiger partial charge on any atom is -0.397 e. The van der Waals surface area contributed by atoms with E-state index >= 15 is 0 Å². The van der Waals surface area contributed by atoms with E-state index in [4.69, 9.17) is 5.73 Å². The number of halogens is 4. The number of nitrogens with zero attached hydrogens (tertiary/aromatic N) is 1. The van der Waals surface area contributed by atoms with Crippen molar-refractivity contribution in [1.82, 2.24) is 5.32 Å². The molecular weight excluding hydrogens is 327 g/mol. The van der Waals surface area contributed by atoms with Gasteiger partial charge < -0.3 is 16.0 Å². The lowest BCUT2D eigenvalue weighted by Gasteiger charge is -2.21. The second kappa shape index (κ2) is 6.14. The average Bonchev–Trinajstić information content (AvgIpc) is 2.25. The number of amides is 1. The molecule has 0 atom stereocenters. The Bertz CT molecular complexity index is 465. The fraction of sp³-hybridized carbons (Fsp3) is 0.364. The summed E-state index contributed by atoms with van der Waals surface area (Å²) in [5.41, 5.74) is 6.76.